The molecule has 2 N–H and O–H groups in total. The molecule has 0 radical (unpaired) electrons. The highest BCUT2D eigenvalue weighted by Crippen LogP contribution is 2.18. The van der Waals surface area contributed by atoms with E-state index >= 15 is 0 Å². The number of carbonyl (C=O) groups excluding carboxylic acids is 2. The number of ether oxygens (including phenoxy) is 1. The number of carbonyl (C=O) groups is 2. The Bertz CT molecular complexity index is 1020. The number of benzene rings is 2. The smallest absolute Gasteiger partial charge is 0.337 e. The molecular weight excluding hydrogens is 363 g/mol. The minimum atomic E-state index is -0.486. The van der Waals surface area contributed by atoms with Gasteiger partial charge in [0.05, 0.1) is 12.7 Å². The molecule has 0 aliphatic carbocycles. The lowest BCUT2D eigenvalue weighted by Gasteiger charge is -2.10. The molecular formula is C20H17FN4O3. The van der Waals surface area contributed by atoms with Crippen molar-refractivity contribution in [2.75, 3.05) is 17.7 Å². The van der Waals surface area contributed by atoms with Crippen LogP contribution in [-0.2, 0) is 4.74 Å². The number of anilines is 3. The van der Waals surface area contributed by atoms with Crippen molar-refractivity contribution in [2.45, 2.75) is 6.92 Å². The monoisotopic (exact) mass is 380 g/mol. The van der Waals surface area contributed by atoms with E-state index in [0.29, 0.717) is 28.6 Å². The van der Waals surface area contributed by atoms with E-state index in [4.69, 9.17) is 0 Å². The molecule has 0 aliphatic rings. The van der Waals surface area contributed by atoms with Crippen LogP contribution in [0.2, 0.25) is 0 Å². The zero-order valence-corrected chi connectivity index (χ0v) is 15.2. The standard InChI is InChI=1S/C20H17FN4O3/c1-12-22-17(19(26)25-16-5-3-4-14(21)10-16)11-18(23-12)24-15-8-6-13(7-9-15)20(27)28-2/h3-11H,1-2H3,(H,25,26)(H,22,23,24). The summed E-state index contributed by atoms with van der Waals surface area (Å²) >= 11 is 0. The van der Waals surface area contributed by atoms with Gasteiger partial charge in [0, 0.05) is 17.4 Å². The quantitative estimate of drug-likeness (QED) is 0.656. The summed E-state index contributed by atoms with van der Waals surface area (Å²) in [7, 11) is 1.31. The summed E-state index contributed by atoms with van der Waals surface area (Å²) in [5.41, 5.74) is 1.55. The molecule has 1 amide bonds. The highest BCUT2D eigenvalue weighted by Gasteiger charge is 2.12. The van der Waals surface area contributed by atoms with Gasteiger partial charge >= 0.3 is 5.97 Å². The predicted octanol–water partition coefficient (Wildman–Crippen LogP) is 3.71. The number of nitrogens with one attached hydrogen (secondary N) is 2. The Morgan fingerprint density at radius 2 is 1.75 bits per heavy atom. The Morgan fingerprint density at radius 1 is 1.00 bits per heavy atom. The number of rotatable bonds is 5. The molecule has 3 rings (SSSR count). The highest BCUT2D eigenvalue weighted by atomic mass is 19.1. The first-order chi connectivity index (χ1) is 13.4. The summed E-state index contributed by atoms with van der Waals surface area (Å²) < 4.78 is 17.9. The number of hydrogen-bond acceptors (Lipinski definition) is 6. The molecule has 7 nitrogen and oxygen atoms in total. The van der Waals surface area contributed by atoms with Crippen LogP contribution < -0.4 is 10.6 Å². The topological polar surface area (TPSA) is 93.2 Å². The van der Waals surface area contributed by atoms with Gasteiger partial charge in [0.25, 0.3) is 5.91 Å². The molecule has 0 atom stereocenters. The summed E-state index contributed by atoms with van der Waals surface area (Å²) in [6, 6.07) is 13.7. The summed E-state index contributed by atoms with van der Waals surface area (Å²) in [6.07, 6.45) is 0. The van der Waals surface area contributed by atoms with Crippen molar-refractivity contribution >= 4 is 29.1 Å². The third kappa shape index (κ3) is 4.67. The van der Waals surface area contributed by atoms with E-state index in [1.54, 1.807) is 37.3 Å². The molecule has 0 fully saturated rings. The van der Waals surface area contributed by atoms with E-state index in [0.717, 1.165) is 0 Å². The molecule has 0 saturated carbocycles. The molecule has 0 saturated heterocycles. The molecule has 1 aromatic heterocycles. The van der Waals surface area contributed by atoms with Crippen molar-refractivity contribution in [3.8, 4) is 0 Å². The maximum Gasteiger partial charge on any atom is 0.337 e. The van der Waals surface area contributed by atoms with E-state index in [1.807, 2.05) is 0 Å². The maximum absolute atomic E-state index is 13.3. The number of amides is 1. The first kappa shape index (κ1) is 19.0. The lowest BCUT2D eigenvalue weighted by Crippen LogP contribution is -2.15. The number of esters is 1. The number of nitrogens with zero attached hydrogens (tertiary/aromatic N) is 2. The minimum Gasteiger partial charge on any atom is -0.465 e. The van der Waals surface area contributed by atoms with Gasteiger partial charge in [0.15, 0.2) is 0 Å². The molecule has 0 unspecified atom stereocenters. The Morgan fingerprint density at radius 3 is 2.43 bits per heavy atom. The summed E-state index contributed by atoms with van der Waals surface area (Å²) in [4.78, 5) is 32.3. The Balaban J connectivity index is 1.77. The number of hydrogen-bond donors (Lipinski definition) is 2. The molecule has 2 aromatic carbocycles. The van der Waals surface area contributed by atoms with Crippen LogP contribution in [0.4, 0.5) is 21.6 Å². The Labute approximate surface area is 160 Å². The molecule has 3 aromatic rings. The molecule has 0 spiro atoms. The van der Waals surface area contributed by atoms with Gasteiger partial charge in [-0.1, -0.05) is 6.07 Å². The largest absolute Gasteiger partial charge is 0.465 e. The van der Waals surface area contributed by atoms with E-state index in [9.17, 15) is 14.0 Å². The molecule has 0 bridgehead atoms. The number of aromatic nitrogens is 2. The van der Waals surface area contributed by atoms with Crippen LogP contribution in [0.5, 0.6) is 0 Å². The van der Waals surface area contributed by atoms with E-state index < -0.39 is 17.7 Å². The molecule has 28 heavy (non-hydrogen) atoms. The number of halogens is 1. The number of methoxy groups -OCH3 is 1. The van der Waals surface area contributed by atoms with Gasteiger partial charge in [-0.15, -0.1) is 0 Å². The summed E-state index contributed by atoms with van der Waals surface area (Å²) in [5, 5.41) is 5.65. The first-order valence-corrected chi connectivity index (χ1v) is 8.32. The zero-order chi connectivity index (χ0) is 20.1. The normalized spacial score (nSPS) is 10.2. The zero-order valence-electron chi connectivity index (χ0n) is 15.2. The Hall–Kier alpha value is -3.81. The third-order valence-corrected chi connectivity index (χ3v) is 3.73. The van der Waals surface area contributed by atoms with Crippen molar-refractivity contribution in [2.24, 2.45) is 0 Å². The third-order valence-electron chi connectivity index (χ3n) is 3.73. The second kappa shape index (κ2) is 8.26. The van der Waals surface area contributed by atoms with Gasteiger partial charge in [0.1, 0.15) is 23.2 Å². The van der Waals surface area contributed by atoms with Crippen LogP contribution in [0, 0.1) is 12.7 Å². The van der Waals surface area contributed by atoms with Gasteiger partial charge in [-0.25, -0.2) is 19.2 Å². The van der Waals surface area contributed by atoms with E-state index in [1.165, 1.54) is 31.4 Å². The van der Waals surface area contributed by atoms with Crippen molar-refractivity contribution in [1.29, 1.82) is 0 Å². The first-order valence-electron chi connectivity index (χ1n) is 8.32. The van der Waals surface area contributed by atoms with Gasteiger partial charge < -0.3 is 15.4 Å². The van der Waals surface area contributed by atoms with Crippen LogP contribution in [0.1, 0.15) is 26.7 Å². The van der Waals surface area contributed by atoms with Crippen molar-refractivity contribution in [3.05, 3.63) is 77.5 Å². The SMILES string of the molecule is COC(=O)c1ccc(Nc2cc(C(=O)Nc3cccc(F)c3)nc(C)n2)cc1. The van der Waals surface area contributed by atoms with Gasteiger partial charge in [-0.3, -0.25) is 4.79 Å². The lowest BCUT2D eigenvalue weighted by molar-refractivity contribution is 0.0600. The van der Waals surface area contributed by atoms with Crippen LogP contribution in [0.3, 0.4) is 0 Å². The van der Waals surface area contributed by atoms with Gasteiger partial charge in [-0.2, -0.15) is 0 Å². The maximum atomic E-state index is 13.3. The fraction of sp³-hybridized carbons (Fsp3) is 0.100. The fourth-order valence-corrected chi connectivity index (χ4v) is 2.46. The fourth-order valence-electron chi connectivity index (χ4n) is 2.46. The van der Waals surface area contributed by atoms with Crippen molar-refractivity contribution in [3.63, 3.8) is 0 Å². The van der Waals surface area contributed by atoms with Crippen LogP contribution in [0.15, 0.2) is 54.6 Å². The summed E-state index contributed by atoms with van der Waals surface area (Å²) in [6.45, 7) is 1.66. The Kier molecular flexibility index (Phi) is 5.59. The predicted molar refractivity (Wildman–Crippen MR) is 102 cm³/mol. The van der Waals surface area contributed by atoms with E-state index in [-0.39, 0.29) is 5.69 Å². The number of aryl methyl sites for hydroxylation is 1. The summed E-state index contributed by atoms with van der Waals surface area (Å²) in [5.74, 6) is -0.571. The molecule has 8 heteroatoms. The van der Waals surface area contributed by atoms with E-state index in [2.05, 4.69) is 25.3 Å². The second-order valence-electron chi connectivity index (χ2n) is 5.84. The molecule has 0 aliphatic heterocycles. The highest BCUT2D eigenvalue weighted by molar-refractivity contribution is 6.03. The average Bonchev–Trinajstić information content (AvgIpc) is 2.67. The van der Waals surface area contributed by atoms with Gasteiger partial charge in [-0.05, 0) is 49.4 Å². The van der Waals surface area contributed by atoms with Gasteiger partial charge in [0.2, 0.25) is 0 Å². The molecule has 142 valence electrons. The molecule has 1 heterocycles. The van der Waals surface area contributed by atoms with Crippen molar-refractivity contribution < 1.29 is 18.7 Å². The minimum absolute atomic E-state index is 0.130. The van der Waals surface area contributed by atoms with Crippen LogP contribution in [-0.4, -0.2) is 29.0 Å². The lowest BCUT2D eigenvalue weighted by atomic mass is 10.2. The average molecular weight is 380 g/mol. The van der Waals surface area contributed by atoms with Crippen LogP contribution >= 0.6 is 0 Å². The second-order valence-corrected chi connectivity index (χ2v) is 5.84. The van der Waals surface area contributed by atoms with Crippen LogP contribution in [0.25, 0.3) is 0 Å². The van der Waals surface area contributed by atoms with Crippen molar-refractivity contribution in [1.82, 2.24) is 9.97 Å².